The average molecular weight is 362 g/mol. The van der Waals surface area contributed by atoms with E-state index in [4.69, 9.17) is 19.3 Å². The monoisotopic (exact) mass is 361 g/mol. The van der Waals surface area contributed by atoms with Crippen LogP contribution in [0.2, 0.25) is 0 Å². The van der Waals surface area contributed by atoms with Gasteiger partial charge in [0.1, 0.15) is 0 Å². The minimum Gasteiger partial charge on any atom is -0.493 e. The molecule has 0 aliphatic rings. The summed E-state index contributed by atoms with van der Waals surface area (Å²) in [5, 5.41) is 11.6. The molecule has 0 heterocycles. The molecule has 2 N–H and O–H groups in total. The van der Waals surface area contributed by atoms with Gasteiger partial charge in [0.2, 0.25) is 0 Å². The van der Waals surface area contributed by atoms with Crippen LogP contribution in [0.15, 0.2) is 16.6 Å². The lowest BCUT2D eigenvalue weighted by atomic mass is 10.2. The number of carboxylic acid groups (broad SMARTS) is 1. The SMILES string of the molecule is COCCNC(=O)COc1c(Br)cc(C(=O)O)cc1OC. The zero-order chi connectivity index (χ0) is 15.8. The van der Waals surface area contributed by atoms with Crippen molar-refractivity contribution in [2.75, 3.05) is 34.0 Å². The van der Waals surface area contributed by atoms with Crippen molar-refractivity contribution in [3.63, 3.8) is 0 Å². The summed E-state index contributed by atoms with van der Waals surface area (Å²) in [7, 11) is 2.92. The molecule has 1 aromatic rings. The number of hydrogen-bond acceptors (Lipinski definition) is 5. The highest BCUT2D eigenvalue weighted by atomic mass is 79.9. The van der Waals surface area contributed by atoms with Gasteiger partial charge >= 0.3 is 5.97 Å². The Hall–Kier alpha value is -1.80. The average Bonchev–Trinajstić information content (AvgIpc) is 2.45. The maximum Gasteiger partial charge on any atom is 0.335 e. The van der Waals surface area contributed by atoms with Gasteiger partial charge in [-0.3, -0.25) is 4.79 Å². The third-order valence-corrected chi connectivity index (χ3v) is 3.04. The zero-order valence-corrected chi connectivity index (χ0v) is 13.2. The van der Waals surface area contributed by atoms with Gasteiger partial charge in [0, 0.05) is 13.7 Å². The Morgan fingerprint density at radius 3 is 2.62 bits per heavy atom. The van der Waals surface area contributed by atoms with E-state index in [9.17, 15) is 9.59 Å². The number of carbonyl (C=O) groups is 2. The lowest BCUT2D eigenvalue weighted by Crippen LogP contribution is -2.31. The number of aromatic carboxylic acids is 1. The number of halogens is 1. The first-order valence-corrected chi connectivity index (χ1v) is 6.78. The summed E-state index contributed by atoms with van der Waals surface area (Å²) in [6, 6.07) is 2.70. The Bertz CT molecular complexity index is 520. The molecule has 0 aliphatic heterocycles. The van der Waals surface area contributed by atoms with Crippen molar-refractivity contribution < 1.29 is 28.9 Å². The van der Waals surface area contributed by atoms with Crippen LogP contribution in [0.1, 0.15) is 10.4 Å². The van der Waals surface area contributed by atoms with Crippen LogP contribution < -0.4 is 14.8 Å². The van der Waals surface area contributed by atoms with E-state index in [2.05, 4.69) is 21.2 Å². The molecule has 0 saturated carbocycles. The number of carboxylic acids is 1. The van der Waals surface area contributed by atoms with Gasteiger partial charge in [-0.25, -0.2) is 4.79 Å². The number of nitrogens with one attached hydrogen (secondary N) is 1. The third-order valence-electron chi connectivity index (χ3n) is 2.45. The Labute approximate surface area is 130 Å². The molecule has 0 aromatic heterocycles. The van der Waals surface area contributed by atoms with Gasteiger partial charge in [0.15, 0.2) is 18.1 Å². The van der Waals surface area contributed by atoms with Crippen LogP contribution in [0, 0.1) is 0 Å². The largest absolute Gasteiger partial charge is 0.493 e. The lowest BCUT2D eigenvalue weighted by Gasteiger charge is -2.13. The maximum absolute atomic E-state index is 11.5. The zero-order valence-electron chi connectivity index (χ0n) is 11.6. The number of hydrogen-bond donors (Lipinski definition) is 2. The minimum absolute atomic E-state index is 0.0515. The molecule has 0 atom stereocenters. The van der Waals surface area contributed by atoms with Crippen molar-refractivity contribution in [3.05, 3.63) is 22.2 Å². The fraction of sp³-hybridized carbons (Fsp3) is 0.385. The van der Waals surface area contributed by atoms with Crippen molar-refractivity contribution in [1.29, 1.82) is 0 Å². The molecule has 116 valence electrons. The van der Waals surface area contributed by atoms with E-state index in [0.717, 1.165) is 0 Å². The summed E-state index contributed by atoms with van der Waals surface area (Å²) in [5.41, 5.74) is 0.0515. The molecule has 1 amide bonds. The van der Waals surface area contributed by atoms with Crippen LogP contribution in [0.3, 0.4) is 0 Å². The number of methoxy groups -OCH3 is 2. The van der Waals surface area contributed by atoms with Crippen LogP contribution in [0.5, 0.6) is 11.5 Å². The van der Waals surface area contributed by atoms with Crippen LogP contribution in [0.4, 0.5) is 0 Å². The van der Waals surface area contributed by atoms with Gasteiger partial charge in [-0.2, -0.15) is 0 Å². The van der Waals surface area contributed by atoms with E-state index in [0.29, 0.717) is 17.6 Å². The fourth-order valence-electron chi connectivity index (χ4n) is 1.46. The van der Waals surface area contributed by atoms with Crippen molar-refractivity contribution in [2.24, 2.45) is 0 Å². The molecule has 0 spiro atoms. The normalized spacial score (nSPS) is 10.0. The van der Waals surface area contributed by atoms with Crippen LogP contribution in [0.25, 0.3) is 0 Å². The molecule has 0 aliphatic carbocycles. The summed E-state index contributed by atoms with van der Waals surface area (Å²) < 4.78 is 15.6. The molecule has 0 bridgehead atoms. The predicted octanol–water partition coefficient (Wildman–Crippen LogP) is 1.30. The van der Waals surface area contributed by atoms with Gasteiger partial charge in [0.25, 0.3) is 5.91 Å². The highest BCUT2D eigenvalue weighted by Crippen LogP contribution is 2.36. The molecule has 0 saturated heterocycles. The number of ether oxygens (including phenoxy) is 3. The molecular weight excluding hydrogens is 346 g/mol. The Morgan fingerprint density at radius 2 is 2.05 bits per heavy atom. The van der Waals surface area contributed by atoms with E-state index in [-0.39, 0.29) is 29.6 Å². The molecular formula is C13H16BrNO6. The van der Waals surface area contributed by atoms with E-state index in [1.54, 1.807) is 0 Å². The van der Waals surface area contributed by atoms with Crippen LogP contribution >= 0.6 is 15.9 Å². The quantitative estimate of drug-likeness (QED) is 0.677. The van der Waals surface area contributed by atoms with Crippen molar-refractivity contribution >= 4 is 27.8 Å². The second kappa shape index (κ2) is 8.48. The van der Waals surface area contributed by atoms with Crippen molar-refractivity contribution in [3.8, 4) is 11.5 Å². The van der Waals surface area contributed by atoms with E-state index < -0.39 is 5.97 Å². The van der Waals surface area contributed by atoms with Gasteiger partial charge in [-0.15, -0.1) is 0 Å². The molecule has 0 radical (unpaired) electrons. The van der Waals surface area contributed by atoms with Crippen LogP contribution in [-0.4, -0.2) is 51.0 Å². The maximum atomic E-state index is 11.5. The van der Waals surface area contributed by atoms with E-state index in [1.165, 1.54) is 26.4 Å². The summed E-state index contributed by atoms with van der Waals surface area (Å²) >= 11 is 3.20. The standard InChI is InChI=1S/C13H16BrNO6/c1-19-4-3-15-11(16)7-21-12-9(14)5-8(13(17)18)6-10(12)20-2/h5-6H,3-4,7H2,1-2H3,(H,15,16)(H,17,18). The predicted molar refractivity (Wildman–Crippen MR) is 78.0 cm³/mol. The Kier molecular flexibility index (Phi) is 6.97. The minimum atomic E-state index is -1.09. The molecule has 0 unspecified atom stereocenters. The first-order chi connectivity index (χ1) is 9.99. The molecule has 21 heavy (non-hydrogen) atoms. The third kappa shape index (κ3) is 5.24. The fourth-order valence-corrected chi connectivity index (χ4v) is 2.02. The number of rotatable bonds is 8. The first kappa shape index (κ1) is 17.3. The second-order valence-electron chi connectivity index (χ2n) is 3.93. The highest BCUT2D eigenvalue weighted by molar-refractivity contribution is 9.10. The van der Waals surface area contributed by atoms with Gasteiger partial charge in [0.05, 0.1) is 23.8 Å². The van der Waals surface area contributed by atoms with Gasteiger partial charge in [-0.05, 0) is 28.1 Å². The van der Waals surface area contributed by atoms with Crippen molar-refractivity contribution in [1.82, 2.24) is 5.32 Å². The van der Waals surface area contributed by atoms with Gasteiger partial charge < -0.3 is 24.6 Å². The smallest absolute Gasteiger partial charge is 0.335 e. The number of amides is 1. The molecule has 8 heteroatoms. The van der Waals surface area contributed by atoms with Crippen molar-refractivity contribution in [2.45, 2.75) is 0 Å². The topological polar surface area (TPSA) is 94.1 Å². The summed E-state index contributed by atoms with van der Waals surface area (Å²) in [6.07, 6.45) is 0. The Morgan fingerprint density at radius 1 is 1.33 bits per heavy atom. The second-order valence-corrected chi connectivity index (χ2v) is 4.78. The van der Waals surface area contributed by atoms with Crippen LogP contribution in [-0.2, 0) is 9.53 Å². The summed E-state index contributed by atoms with van der Waals surface area (Å²) in [6.45, 7) is 0.576. The number of carbonyl (C=O) groups excluding carboxylic acids is 1. The molecule has 1 aromatic carbocycles. The summed E-state index contributed by atoms with van der Waals surface area (Å²) in [5.74, 6) is -0.906. The Balaban J connectivity index is 2.74. The van der Waals surface area contributed by atoms with E-state index >= 15 is 0 Å². The summed E-state index contributed by atoms with van der Waals surface area (Å²) in [4.78, 5) is 22.5. The first-order valence-electron chi connectivity index (χ1n) is 5.98. The van der Waals surface area contributed by atoms with Gasteiger partial charge in [-0.1, -0.05) is 0 Å². The molecule has 0 fully saturated rings. The molecule has 7 nitrogen and oxygen atoms in total. The lowest BCUT2D eigenvalue weighted by molar-refractivity contribution is -0.123. The molecule has 1 rings (SSSR count). The number of benzene rings is 1. The highest BCUT2D eigenvalue weighted by Gasteiger charge is 2.16. The van der Waals surface area contributed by atoms with E-state index in [1.807, 2.05) is 0 Å².